The minimum Gasteiger partial charge on any atom is -0.482 e. The summed E-state index contributed by atoms with van der Waals surface area (Å²) in [5.74, 6) is 6.42. The van der Waals surface area contributed by atoms with E-state index >= 15 is 0 Å². The van der Waals surface area contributed by atoms with Crippen molar-refractivity contribution in [2.45, 2.75) is 58.7 Å². The number of para-hydroxylation sites is 1. The van der Waals surface area contributed by atoms with Crippen molar-refractivity contribution < 1.29 is 14.3 Å². The molecule has 5 N–H and O–H groups in total. The molecule has 188 valence electrons. The molecule has 0 saturated carbocycles. The first kappa shape index (κ1) is 26.1. The number of amides is 1. The molecule has 1 fully saturated rings. The van der Waals surface area contributed by atoms with Gasteiger partial charge in [-0.05, 0) is 50.1 Å². The fraction of sp³-hybridized carbons (Fsp3) is 0.407. The zero-order chi connectivity index (χ0) is 25.6. The second-order valence-corrected chi connectivity index (χ2v) is 9.40. The molecule has 1 amide bonds. The Morgan fingerprint density at radius 2 is 1.80 bits per heavy atom. The van der Waals surface area contributed by atoms with Crippen molar-refractivity contribution in [1.82, 2.24) is 10.4 Å². The topological polar surface area (TPSA) is 115 Å². The molecule has 8 heteroatoms. The number of fused-ring (bicyclic) bond motifs is 1. The number of benzene rings is 2. The number of ether oxygens (including phenoxy) is 2. The zero-order valence-corrected chi connectivity index (χ0v) is 21.3. The van der Waals surface area contributed by atoms with Gasteiger partial charge in [-0.3, -0.25) is 0 Å². The number of nitrogens with zero attached hydrogens (tertiary/aromatic N) is 2. The van der Waals surface area contributed by atoms with Gasteiger partial charge in [-0.15, -0.1) is 5.10 Å². The van der Waals surface area contributed by atoms with Crippen molar-refractivity contribution in [3.8, 4) is 5.75 Å². The minimum absolute atomic E-state index is 0.284. The second-order valence-electron chi connectivity index (χ2n) is 9.40. The third-order valence-corrected chi connectivity index (χ3v) is 5.81. The molecule has 35 heavy (non-hydrogen) atoms. The van der Waals surface area contributed by atoms with Gasteiger partial charge in [0.15, 0.2) is 5.84 Å². The molecule has 1 saturated heterocycles. The molecule has 2 aliphatic heterocycles. The first-order chi connectivity index (χ1) is 16.7. The number of carbonyl (C=O) groups excluding carboxylic acids is 1. The minimum atomic E-state index is -0.519. The number of likely N-dealkylation sites (tertiary alicyclic amines) is 1. The first-order valence-corrected chi connectivity index (χ1v) is 12.1. The predicted octanol–water partition coefficient (Wildman–Crippen LogP) is 4.39. The summed E-state index contributed by atoms with van der Waals surface area (Å²) in [6.07, 6.45) is 3.25. The normalized spacial score (nSPS) is 16.8. The molecule has 0 aliphatic carbocycles. The Hall–Kier alpha value is -3.52. The molecule has 0 aromatic heterocycles. The van der Waals surface area contributed by atoms with Crippen molar-refractivity contribution in [3.05, 3.63) is 71.3 Å². The van der Waals surface area contributed by atoms with Gasteiger partial charge in [-0.25, -0.2) is 16.2 Å². The lowest BCUT2D eigenvalue weighted by atomic mass is 9.82. The maximum Gasteiger partial charge on any atom is 0.410 e. The predicted molar refractivity (Wildman–Crippen MR) is 140 cm³/mol. The lowest BCUT2D eigenvalue weighted by Crippen LogP contribution is -2.50. The molecule has 4 rings (SSSR count). The van der Waals surface area contributed by atoms with E-state index in [-0.39, 0.29) is 6.09 Å². The van der Waals surface area contributed by atoms with Crippen LogP contribution in [-0.4, -0.2) is 41.1 Å². The van der Waals surface area contributed by atoms with Crippen LogP contribution in [0.25, 0.3) is 5.57 Å². The maximum atomic E-state index is 12.5. The molecule has 0 atom stereocenters. The smallest absolute Gasteiger partial charge is 0.410 e. The lowest BCUT2D eigenvalue weighted by Gasteiger charge is -2.43. The number of hydrazone groups is 1. The molecular formula is C27H37N5O3. The van der Waals surface area contributed by atoms with E-state index < -0.39 is 11.2 Å². The van der Waals surface area contributed by atoms with Gasteiger partial charge in [0, 0.05) is 37.1 Å². The highest BCUT2D eigenvalue weighted by Gasteiger charge is 2.40. The Morgan fingerprint density at radius 3 is 2.46 bits per heavy atom. The molecule has 2 heterocycles. The third-order valence-electron chi connectivity index (χ3n) is 5.81. The van der Waals surface area contributed by atoms with Crippen molar-refractivity contribution in [1.29, 1.82) is 0 Å². The quantitative estimate of drug-likeness (QED) is 0.260. The highest BCUT2D eigenvalue weighted by Crippen LogP contribution is 2.43. The standard InChI is InChI=1S/C25H31N5O3.C2H6/c1-24(2,3)33-23(31)30-13-11-25(12-14-30)16-20(19-9-4-5-10-21(19)32-25)17-7-6-8-18(15-17)22(26)28-29-27;1-2/h4-10,15-16,29H,11-14,27H2,1-3H3,(H2,26,28);1-2H3. The lowest BCUT2D eigenvalue weighted by molar-refractivity contribution is -0.00115. The van der Waals surface area contributed by atoms with Gasteiger partial charge in [-0.2, -0.15) is 0 Å². The number of piperidine rings is 1. The SMILES string of the molecule is CC.CC(C)(C)OC(=O)N1CCC2(C=C(c3cccc(/C(N)=N/NN)c3)c3ccccc3O2)CC1. The second kappa shape index (κ2) is 10.8. The van der Waals surface area contributed by atoms with Crippen LogP contribution in [0.1, 0.15) is 64.2 Å². The van der Waals surface area contributed by atoms with Gasteiger partial charge in [0.2, 0.25) is 0 Å². The van der Waals surface area contributed by atoms with Crippen LogP contribution in [0, 0.1) is 0 Å². The Kier molecular flexibility index (Phi) is 8.07. The van der Waals surface area contributed by atoms with Gasteiger partial charge < -0.3 is 20.1 Å². The molecular weight excluding hydrogens is 442 g/mol. The van der Waals surface area contributed by atoms with Crippen LogP contribution in [-0.2, 0) is 4.74 Å². The van der Waals surface area contributed by atoms with Crippen LogP contribution >= 0.6 is 0 Å². The van der Waals surface area contributed by atoms with E-state index in [0.29, 0.717) is 31.8 Å². The van der Waals surface area contributed by atoms with Crippen molar-refractivity contribution in [3.63, 3.8) is 0 Å². The summed E-state index contributed by atoms with van der Waals surface area (Å²) in [7, 11) is 0. The van der Waals surface area contributed by atoms with Crippen LogP contribution in [0.2, 0.25) is 0 Å². The van der Waals surface area contributed by atoms with Crippen molar-refractivity contribution >= 4 is 17.5 Å². The van der Waals surface area contributed by atoms with E-state index in [1.54, 1.807) is 4.90 Å². The summed E-state index contributed by atoms with van der Waals surface area (Å²) < 4.78 is 12.1. The largest absolute Gasteiger partial charge is 0.482 e. The van der Waals surface area contributed by atoms with E-state index in [9.17, 15) is 4.79 Å². The number of hydrogen-bond acceptors (Lipinski definition) is 6. The monoisotopic (exact) mass is 479 g/mol. The summed E-state index contributed by atoms with van der Waals surface area (Å²) in [6, 6.07) is 15.9. The number of nitrogens with two attached hydrogens (primary N) is 2. The third kappa shape index (κ3) is 6.14. The van der Waals surface area contributed by atoms with Gasteiger partial charge in [0.05, 0.1) is 0 Å². The van der Waals surface area contributed by atoms with E-state index in [4.69, 9.17) is 21.1 Å². The van der Waals surface area contributed by atoms with E-state index in [1.807, 2.05) is 77.1 Å². The molecule has 2 aromatic carbocycles. The van der Waals surface area contributed by atoms with Crippen LogP contribution < -0.4 is 21.8 Å². The van der Waals surface area contributed by atoms with Gasteiger partial charge in [-0.1, -0.05) is 50.2 Å². The highest BCUT2D eigenvalue weighted by molar-refractivity contribution is 5.98. The maximum absolute atomic E-state index is 12.5. The Labute approximate surface area is 207 Å². The number of carbonyl (C=O) groups is 1. The summed E-state index contributed by atoms with van der Waals surface area (Å²) in [5.41, 5.74) is 11.1. The molecule has 1 spiro atoms. The number of hydrogen-bond donors (Lipinski definition) is 3. The van der Waals surface area contributed by atoms with E-state index in [2.05, 4.69) is 22.8 Å². The molecule has 2 aliphatic rings. The van der Waals surface area contributed by atoms with Crippen LogP contribution in [0.4, 0.5) is 4.79 Å². The molecule has 8 nitrogen and oxygen atoms in total. The fourth-order valence-electron chi connectivity index (χ4n) is 4.23. The van der Waals surface area contributed by atoms with Crippen molar-refractivity contribution in [2.75, 3.05) is 13.1 Å². The number of rotatable bonds is 3. The Balaban J connectivity index is 0.00000167. The summed E-state index contributed by atoms with van der Waals surface area (Å²) >= 11 is 0. The summed E-state index contributed by atoms with van der Waals surface area (Å²) in [4.78, 5) is 14.3. The Bertz CT molecular complexity index is 1100. The zero-order valence-electron chi connectivity index (χ0n) is 21.3. The molecule has 2 aromatic rings. The number of hydrazine groups is 1. The first-order valence-electron chi connectivity index (χ1n) is 12.1. The number of amidine groups is 1. The van der Waals surface area contributed by atoms with Crippen LogP contribution in [0.5, 0.6) is 5.75 Å². The fourth-order valence-corrected chi connectivity index (χ4v) is 4.23. The van der Waals surface area contributed by atoms with Gasteiger partial charge in [0.1, 0.15) is 17.0 Å². The van der Waals surface area contributed by atoms with Crippen LogP contribution in [0.15, 0.2) is 59.7 Å². The van der Waals surface area contributed by atoms with E-state index in [1.165, 1.54) is 0 Å². The summed E-state index contributed by atoms with van der Waals surface area (Å²) in [5, 5.41) is 3.89. The van der Waals surface area contributed by atoms with Crippen molar-refractivity contribution in [2.24, 2.45) is 16.7 Å². The summed E-state index contributed by atoms with van der Waals surface area (Å²) in [6.45, 7) is 10.7. The highest BCUT2D eigenvalue weighted by atomic mass is 16.6. The van der Waals surface area contributed by atoms with Crippen LogP contribution in [0.3, 0.4) is 0 Å². The van der Waals surface area contributed by atoms with Gasteiger partial charge in [0.25, 0.3) is 0 Å². The molecule has 0 radical (unpaired) electrons. The van der Waals surface area contributed by atoms with E-state index in [0.717, 1.165) is 28.0 Å². The molecule has 0 bridgehead atoms. The molecule has 0 unspecified atom stereocenters. The average Bonchev–Trinajstić information content (AvgIpc) is 2.84. The Morgan fingerprint density at radius 1 is 1.11 bits per heavy atom. The average molecular weight is 480 g/mol. The van der Waals surface area contributed by atoms with Gasteiger partial charge >= 0.3 is 6.09 Å². The number of nitrogens with one attached hydrogen (secondary N) is 1.